The first kappa shape index (κ1) is 34.5. The Balaban J connectivity index is 1.08. The Hall–Kier alpha value is -7.03. The third kappa shape index (κ3) is 6.02. The van der Waals surface area contributed by atoms with Gasteiger partial charge in [0.25, 0.3) is 0 Å². The fourth-order valence-corrected chi connectivity index (χ4v) is 9.07. The maximum atomic E-state index is 6.98. The molecule has 0 aromatic heterocycles. The van der Waals surface area contributed by atoms with Crippen LogP contribution in [0.2, 0.25) is 0 Å². The summed E-state index contributed by atoms with van der Waals surface area (Å²) in [5, 5.41) is 7.18. The minimum Gasteiger partial charge on any atom is -0.383 e. The summed E-state index contributed by atoms with van der Waals surface area (Å²) in [7, 11) is 0. The van der Waals surface area contributed by atoms with Crippen LogP contribution in [0.1, 0.15) is 41.7 Å². The molecule has 0 saturated carbocycles. The minimum atomic E-state index is -0.139. The lowest BCUT2D eigenvalue weighted by Crippen LogP contribution is -2.15. The molecule has 2 N–H and O–H groups in total. The largest absolute Gasteiger partial charge is 0.383 e. The Kier molecular flexibility index (Phi) is 8.42. The topological polar surface area (TPSA) is 38.4 Å². The van der Waals surface area contributed by atoms with Crippen LogP contribution in [0.3, 0.4) is 0 Å². The van der Waals surface area contributed by atoms with E-state index in [9.17, 15) is 0 Å². The highest BCUT2D eigenvalue weighted by Gasteiger charge is 2.37. The number of nitrogens with two attached hydrogens (primary N) is 1. The maximum Gasteiger partial charge on any atom is 0.131 e. The number of allylic oxidation sites excluding steroid dienone is 1. The van der Waals surface area contributed by atoms with Crippen molar-refractivity contribution in [3.63, 3.8) is 0 Å². The van der Waals surface area contributed by atoms with E-state index < -0.39 is 0 Å². The number of amidine groups is 1. The Morgan fingerprint density at radius 1 is 0.491 bits per heavy atom. The smallest absolute Gasteiger partial charge is 0.131 e. The molecule has 0 amide bonds. The fraction of sp³-hybridized carbons (Fsp3) is 0.0727. The van der Waals surface area contributed by atoms with E-state index in [-0.39, 0.29) is 5.41 Å². The van der Waals surface area contributed by atoms with Gasteiger partial charge in [-0.1, -0.05) is 202 Å². The molecule has 0 saturated heterocycles. The van der Waals surface area contributed by atoms with Gasteiger partial charge < -0.3 is 5.73 Å². The maximum absolute atomic E-state index is 6.98. The molecule has 2 nitrogen and oxygen atoms in total. The van der Waals surface area contributed by atoms with Crippen LogP contribution in [-0.4, -0.2) is 5.84 Å². The van der Waals surface area contributed by atoms with Crippen molar-refractivity contribution in [1.82, 2.24) is 0 Å². The van der Waals surface area contributed by atoms with E-state index in [1.807, 2.05) is 0 Å². The molecule has 9 aromatic carbocycles. The molecule has 0 unspecified atom stereocenters. The first-order chi connectivity index (χ1) is 27.9. The second kappa shape index (κ2) is 13.9. The molecule has 0 fully saturated rings. The minimum absolute atomic E-state index is 0.139. The van der Waals surface area contributed by atoms with Crippen LogP contribution in [0.25, 0.3) is 71.4 Å². The summed E-state index contributed by atoms with van der Waals surface area (Å²) in [5.74, 6) is 0.499. The van der Waals surface area contributed by atoms with Gasteiger partial charge >= 0.3 is 0 Å². The molecule has 10 rings (SSSR count). The van der Waals surface area contributed by atoms with E-state index in [1.165, 1.54) is 66.2 Å². The van der Waals surface area contributed by atoms with Crippen LogP contribution in [0, 0.1) is 0 Å². The van der Waals surface area contributed by atoms with Gasteiger partial charge in [-0.05, 0) is 94.9 Å². The zero-order valence-corrected chi connectivity index (χ0v) is 32.2. The first-order valence-corrected chi connectivity index (χ1v) is 19.8. The van der Waals surface area contributed by atoms with Crippen molar-refractivity contribution < 1.29 is 0 Å². The van der Waals surface area contributed by atoms with Crippen molar-refractivity contribution in [1.29, 1.82) is 0 Å². The Morgan fingerprint density at radius 2 is 1.09 bits per heavy atom. The fourth-order valence-electron chi connectivity index (χ4n) is 9.07. The molecule has 0 radical (unpaired) electrons. The van der Waals surface area contributed by atoms with Gasteiger partial charge in [-0.2, -0.15) is 0 Å². The van der Waals surface area contributed by atoms with Crippen molar-refractivity contribution >= 4 is 43.9 Å². The van der Waals surface area contributed by atoms with Crippen molar-refractivity contribution in [2.45, 2.75) is 25.7 Å². The lowest BCUT2D eigenvalue weighted by Gasteiger charge is -2.24. The quantitative estimate of drug-likeness (QED) is 0.129. The van der Waals surface area contributed by atoms with Gasteiger partial charge in [0.1, 0.15) is 5.84 Å². The lowest BCUT2D eigenvalue weighted by molar-refractivity contribution is 0.666. The summed E-state index contributed by atoms with van der Waals surface area (Å²) in [6.07, 6.45) is 2.94. The van der Waals surface area contributed by atoms with Gasteiger partial charge in [0.2, 0.25) is 0 Å². The van der Waals surface area contributed by atoms with Gasteiger partial charge in [-0.3, -0.25) is 0 Å². The normalized spacial score (nSPS) is 13.6. The molecule has 2 heteroatoms. The third-order valence-electron chi connectivity index (χ3n) is 11.9. The summed E-state index contributed by atoms with van der Waals surface area (Å²) in [4.78, 5) is 5.27. The SMILES string of the molecule is CC1(C)c2cc(-c3ccc(/C(=C/Cc4ccc(-c5ccccc5)cc4)N=C(N)c4cccc5ccccc45)c4ccccc34)ccc2-c2ccc3ccccc3c21. The number of hydrogen-bond donors (Lipinski definition) is 1. The third-order valence-corrected chi connectivity index (χ3v) is 11.9. The number of aliphatic imine (C=N–C) groups is 1. The van der Waals surface area contributed by atoms with Crippen LogP contribution in [-0.2, 0) is 11.8 Å². The number of nitrogens with zero attached hydrogens (tertiary/aromatic N) is 1. The van der Waals surface area contributed by atoms with Crippen LogP contribution in [0.4, 0.5) is 0 Å². The number of benzene rings is 9. The van der Waals surface area contributed by atoms with E-state index in [0.29, 0.717) is 12.3 Å². The molecule has 0 atom stereocenters. The van der Waals surface area contributed by atoms with E-state index >= 15 is 0 Å². The van der Waals surface area contributed by atoms with Gasteiger partial charge in [-0.15, -0.1) is 0 Å². The van der Waals surface area contributed by atoms with Crippen molar-refractivity contribution in [3.05, 3.63) is 222 Å². The molecule has 0 aliphatic heterocycles. The number of hydrogen-bond acceptors (Lipinski definition) is 1. The van der Waals surface area contributed by atoms with Gasteiger partial charge in [0, 0.05) is 16.5 Å². The predicted octanol–water partition coefficient (Wildman–Crippen LogP) is 13.8. The first-order valence-electron chi connectivity index (χ1n) is 19.8. The van der Waals surface area contributed by atoms with E-state index in [1.54, 1.807) is 0 Å². The van der Waals surface area contributed by atoms with E-state index in [4.69, 9.17) is 10.7 Å². The highest BCUT2D eigenvalue weighted by Crippen LogP contribution is 2.52. The lowest BCUT2D eigenvalue weighted by atomic mass is 9.79. The predicted molar refractivity (Wildman–Crippen MR) is 243 cm³/mol. The van der Waals surface area contributed by atoms with Crippen LogP contribution in [0.15, 0.2) is 199 Å². The summed E-state index contributed by atoms with van der Waals surface area (Å²) in [6, 6.07) is 67.6. The van der Waals surface area contributed by atoms with E-state index in [0.717, 1.165) is 33.0 Å². The second-order valence-electron chi connectivity index (χ2n) is 15.7. The molecular formula is C55H42N2. The van der Waals surface area contributed by atoms with Crippen LogP contribution >= 0.6 is 0 Å². The zero-order valence-electron chi connectivity index (χ0n) is 32.2. The molecule has 57 heavy (non-hydrogen) atoms. The second-order valence-corrected chi connectivity index (χ2v) is 15.7. The molecule has 0 spiro atoms. The Morgan fingerprint density at radius 3 is 1.88 bits per heavy atom. The average molecular weight is 731 g/mol. The van der Waals surface area contributed by atoms with Gasteiger partial charge in [-0.25, -0.2) is 4.99 Å². The summed E-state index contributed by atoms with van der Waals surface area (Å²) in [5.41, 5.74) is 21.2. The highest BCUT2D eigenvalue weighted by molar-refractivity contribution is 6.12. The van der Waals surface area contributed by atoms with Gasteiger partial charge in [0.05, 0.1) is 5.70 Å². The van der Waals surface area contributed by atoms with Crippen LogP contribution < -0.4 is 5.73 Å². The summed E-state index contributed by atoms with van der Waals surface area (Å²) in [6.45, 7) is 4.75. The number of fused-ring (bicyclic) bond motifs is 7. The monoisotopic (exact) mass is 730 g/mol. The van der Waals surface area contributed by atoms with Gasteiger partial charge in [0.15, 0.2) is 0 Å². The molecular weight excluding hydrogens is 689 g/mol. The molecule has 9 aromatic rings. The highest BCUT2D eigenvalue weighted by atomic mass is 14.9. The molecule has 272 valence electrons. The zero-order chi connectivity index (χ0) is 38.5. The van der Waals surface area contributed by atoms with Crippen molar-refractivity contribution in [3.8, 4) is 33.4 Å². The average Bonchev–Trinajstić information content (AvgIpc) is 3.50. The Bertz CT molecular complexity index is 3050. The molecule has 0 heterocycles. The van der Waals surface area contributed by atoms with Crippen molar-refractivity contribution in [2.24, 2.45) is 10.7 Å². The van der Waals surface area contributed by atoms with Crippen molar-refractivity contribution in [2.75, 3.05) is 0 Å². The van der Waals surface area contributed by atoms with Crippen LogP contribution in [0.5, 0.6) is 0 Å². The molecule has 1 aliphatic carbocycles. The Labute approximate surface area is 334 Å². The number of rotatable bonds is 7. The molecule has 1 aliphatic rings. The van der Waals surface area contributed by atoms with E-state index in [2.05, 4.69) is 208 Å². The summed E-state index contributed by atoms with van der Waals surface area (Å²) >= 11 is 0. The molecule has 0 bridgehead atoms. The summed E-state index contributed by atoms with van der Waals surface area (Å²) < 4.78 is 0. The standard InChI is InChI=1S/C55H42N2/c1-55(2)51-35-41(29-30-47(51)49-31-28-40-16-7-9-19-44(40)53(49)55)43-32-33-48(46-21-11-10-20-45(43)46)52(57-54(56)50-22-12-17-39-15-6-8-18-42(39)50)34-25-36-23-26-38(27-24-36)37-13-4-3-5-14-37/h3-24,26-35H,25H2,1-2H3,(H2,56,57)/b52-34-.